The van der Waals surface area contributed by atoms with E-state index in [1.165, 1.54) is 148 Å². The zero-order valence-electron chi connectivity index (χ0n) is 58.8. The quantitative estimate of drug-likeness (QED) is 0.0222. The molecule has 0 spiro atoms. The van der Waals surface area contributed by atoms with E-state index >= 15 is 0 Å². The van der Waals surface area contributed by atoms with E-state index in [0.29, 0.717) is 31.6 Å². The molecule has 0 aromatic carbocycles. The fourth-order valence-corrected chi connectivity index (χ4v) is 12.2. The maximum absolute atomic E-state index is 13.0. The van der Waals surface area contributed by atoms with Crippen molar-refractivity contribution in [1.29, 1.82) is 0 Å². The third-order valence-electron chi connectivity index (χ3n) is 16.7. The monoisotopic (exact) mass is 1320 g/mol. The molecule has 0 radical (unpaired) electrons. The molecule has 3 unspecified atom stereocenters. The highest BCUT2D eigenvalue weighted by Crippen LogP contribution is 2.45. The number of hydrogen-bond acceptors (Lipinski definition) is 15. The molecule has 6 atom stereocenters. The number of rotatable bonds is 68. The molecule has 90 heavy (non-hydrogen) atoms. The minimum Gasteiger partial charge on any atom is -0.462 e. The van der Waals surface area contributed by atoms with Crippen molar-refractivity contribution in [3.63, 3.8) is 0 Å². The van der Waals surface area contributed by atoms with E-state index in [4.69, 9.17) is 37.0 Å². The van der Waals surface area contributed by atoms with Crippen LogP contribution < -0.4 is 0 Å². The van der Waals surface area contributed by atoms with Crippen LogP contribution in [0.5, 0.6) is 0 Å². The number of phosphoric acid groups is 2. The van der Waals surface area contributed by atoms with Gasteiger partial charge in [0.15, 0.2) is 12.2 Å². The summed E-state index contributed by atoms with van der Waals surface area (Å²) in [6, 6.07) is 0. The Labute approximate surface area is 549 Å². The summed E-state index contributed by atoms with van der Waals surface area (Å²) in [5, 5.41) is 10.6. The number of hydrogen-bond donors (Lipinski definition) is 3. The Balaban J connectivity index is 5.25. The number of ether oxygens (including phenoxy) is 4. The number of aliphatic hydroxyl groups excluding tert-OH is 1. The van der Waals surface area contributed by atoms with E-state index in [9.17, 15) is 43.2 Å². The van der Waals surface area contributed by atoms with Gasteiger partial charge in [-0.05, 0) is 49.4 Å². The molecule has 0 bridgehead atoms. The topological polar surface area (TPSA) is 237 Å². The Morgan fingerprint density at radius 2 is 0.533 bits per heavy atom. The molecule has 0 aliphatic heterocycles. The van der Waals surface area contributed by atoms with Crippen molar-refractivity contribution in [2.24, 2.45) is 23.7 Å². The average Bonchev–Trinajstić information content (AvgIpc) is 2.84. The highest BCUT2D eigenvalue weighted by atomic mass is 31.2. The van der Waals surface area contributed by atoms with Crippen molar-refractivity contribution >= 4 is 39.5 Å². The number of esters is 4. The molecular weight excluding hydrogens is 1190 g/mol. The molecular formula is C71H138O17P2. The number of aliphatic hydroxyl groups is 1. The standard InChI is InChI=1S/C71H138O17P2/c1-9-64(8)50-42-34-25-19-14-15-21-28-38-46-54-71(76)88-67(58-82-69(74)52-44-36-30-29-33-41-49-63(6)7)60-86-90(79,80)84-56-65(72)55-83-89(77,78)85-59-66(57-81-68(73)51-43-35-26-22-16-18-24-32-40-48-62(4)5)87-70(75)53-45-37-27-20-13-11-10-12-17-23-31-39-47-61(2)3/h61-67,72H,9-60H2,1-8H3,(H,77,78)(H,79,80)/t64?,65-,66-,67-/m1/s1. The van der Waals surface area contributed by atoms with E-state index < -0.39 is 97.5 Å². The van der Waals surface area contributed by atoms with Gasteiger partial charge in [-0.3, -0.25) is 37.3 Å². The minimum atomic E-state index is -4.95. The van der Waals surface area contributed by atoms with Crippen molar-refractivity contribution in [1.82, 2.24) is 0 Å². The second kappa shape index (κ2) is 60.7. The van der Waals surface area contributed by atoms with Gasteiger partial charge in [-0.2, -0.15) is 0 Å². The summed E-state index contributed by atoms with van der Waals surface area (Å²) < 4.78 is 68.3. The molecule has 0 amide bonds. The van der Waals surface area contributed by atoms with Crippen molar-refractivity contribution in [3.8, 4) is 0 Å². The molecule has 0 aliphatic rings. The van der Waals surface area contributed by atoms with Crippen LogP contribution in [0.1, 0.15) is 351 Å². The van der Waals surface area contributed by atoms with Crippen LogP contribution in [0.4, 0.5) is 0 Å². The predicted octanol–water partition coefficient (Wildman–Crippen LogP) is 20.1. The zero-order valence-corrected chi connectivity index (χ0v) is 60.6. The Morgan fingerprint density at radius 1 is 0.311 bits per heavy atom. The molecule has 0 saturated heterocycles. The van der Waals surface area contributed by atoms with E-state index in [-0.39, 0.29) is 25.7 Å². The lowest BCUT2D eigenvalue weighted by molar-refractivity contribution is -0.161. The van der Waals surface area contributed by atoms with E-state index in [1.54, 1.807) is 0 Å². The molecule has 0 heterocycles. The van der Waals surface area contributed by atoms with Gasteiger partial charge in [-0.25, -0.2) is 9.13 Å². The summed E-state index contributed by atoms with van der Waals surface area (Å²) in [4.78, 5) is 72.6. The van der Waals surface area contributed by atoms with Crippen molar-refractivity contribution in [2.45, 2.75) is 369 Å². The maximum atomic E-state index is 13.0. The highest BCUT2D eigenvalue weighted by molar-refractivity contribution is 7.47. The Hall–Kier alpha value is -1.94. The molecule has 534 valence electrons. The summed E-state index contributed by atoms with van der Waals surface area (Å²) in [5.41, 5.74) is 0. The van der Waals surface area contributed by atoms with Gasteiger partial charge in [0.05, 0.1) is 26.4 Å². The van der Waals surface area contributed by atoms with Crippen molar-refractivity contribution < 1.29 is 80.2 Å². The average molecular weight is 1330 g/mol. The Bertz CT molecular complexity index is 1780. The Kier molecular flexibility index (Phi) is 59.4. The van der Waals surface area contributed by atoms with E-state index in [1.807, 2.05) is 0 Å². The van der Waals surface area contributed by atoms with Crippen LogP contribution in [-0.4, -0.2) is 96.7 Å². The van der Waals surface area contributed by atoms with Crippen molar-refractivity contribution in [3.05, 3.63) is 0 Å². The first-order valence-corrected chi connectivity index (χ1v) is 39.7. The van der Waals surface area contributed by atoms with Gasteiger partial charge < -0.3 is 33.8 Å². The van der Waals surface area contributed by atoms with Crippen LogP contribution in [0.15, 0.2) is 0 Å². The summed E-state index contributed by atoms with van der Waals surface area (Å²) >= 11 is 0. The summed E-state index contributed by atoms with van der Waals surface area (Å²) in [6.45, 7) is 14.1. The molecule has 0 fully saturated rings. The van der Waals surface area contributed by atoms with Crippen LogP contribution in [0.25, 0.3) is 0 Å². The normalized spacial score (nSPS) is 14.6. The largest absolute Gasteiger partial charge is 0.472 e. The first-order valence-electron chi connectivity index (χ1n) is 36.7. The summed E-state index contributed by atoms with van der Waals surface area (Å²) in [7, 11) is -9.90. The van der Waals surface area contributed by atoms with Crippen LogP contribution in [0.2, 0.25) is 0 Å². The minimum absolute atomic E-state index is 0.105. The molecule has 0 aromatic rings. The second-order valence-electron chi connectivity index (χ2n) is 27.3. The first-order chi connectivity index (χ1) is 43.1. The number of unbranched alkanes of at least 4 members (excludes halogenated alkanes) is 33. The third kappa shape index (κ3) is 63.5. The molecule has 0 aromatic heterocycles. The Morgan fingerprint density at radius 3 is 0.789 bits per heavy atom. The van der Waals surface area contributed by atoms with Crippen LogP contribution in [-0.2, 0) is 65.4 Å². The maximum Gasteiger partial charge on any atom is 0.472 e. The van der Waals surface area contributed by atoms with Gasteiger partial charge in [0.1, 0.15) is 19.3 Å². The van der Waals surface area contributed by atoms with E-state index in [0.717, 1.165) is 114 Å². The van der Waals surface area contributed by atoms with Crippen molar-refractivity contribution in [2.75, 3.05) is 39.6 Å². The highest BCUT2D eigenvalue weighted by Gasteiger charge is 2.30. The molecule has 0 aliphatic carbocycles. The number of phosphoric ester groups is 2. The molecule has 3 N–H and O–H groups in total. The van der Waals surface area contributed by atoms with Gasteiger partial charge in [0.25, 0.3) is 0 Å². The fourth-order valence-electron chi connectivity index (χ4n) is 10.6. The van der Waals surface area contributed by atoms with Gasteiger partial charge in [0, 0.05) is 25.7 Å². The van der Waals surface area contributed by atoms with Gasteiger partial charge in [-0.1, -0.05) is 299 Å². The predicted molar refractivity (Wildman–Crippen MR) is 363 cm³/mol. The molecule has 17 nitrogen and oxygen atoms in total. The summed E-state index contributed by atoms with van der Waals surface area (Å²) in [5.74, 6) is 0.874. The van der Waals surface area contributed by atoms with E-state index in [2.05, 4.69) is 55.4 Å². The number of carbonyl (C=O) groups excluding carboxylic acids is 4. The lowest BCUT2D eigenvalue weighted by Crippen LogP contribution is -2.30. The third-order valence-corrected chi connectivity index (χ3v) is 18.6. The lowest BCUT2D eigenvalue weighted by atomic mass is 9.99. The molecule has 19 heteroatoms. The summed E-state index contributed by atoms with van der Waals surface area (Å²) in [6.07, 6.45) is 43.1. The lowest BCUT2D eigenvalue weighted by Gasteiger charge is -2.21. The SMILES string of the molecule is CCC(C)CCCCCCCCCCCCC(=O)O[C@H](COC(=O)CCCCCCCCC(C)C)COP(=O)(O)OC[C@H](O)COP(=O)(O)OC[C@@H](COC(=O)CCCCCCCCCCCC(C)C)OC(=O)CCCCCCCCCCCCCCC(C)C. The van der Waals surface area contributed by atoms with Crippen LogP contribution in [0.3, 0.4) is 0 Å². The first kappa shape index (κ1) is 88.1. The fraction of sp³-hybridized carbons (Fsp3) is 0.944. The second-order valence-corrected chi connectivity index (χ2v) is 30.2. The van der Waals surface area contributed by atoms with Gasteiger partial charge in [0.2, 0.25) is 0 Å². The van der Waals surface area contributed by atoms with Gasteiger partial charge >= 0.3 is 39.5 Å². The van der Waals surface area contributed by atoms with Crippen LogP contribution in [0, 0.1) is 23.7 Å². The van der Waals surface area contributed by atoms with Crippen LogP contribution >= 0.6 is 15.6 Å². The van der Waals surface area contributed by atoms with Gasteiger partial charge in [-0.15, -0.1) is 0 Å². The number of carbonyl (C=O) groups is 4. The smallest absolute Gasteiger partial charge is 0.462 e. The molecule has 0 rings (SSSR count). The zero-order chi connectivity index (χ0) is 66.8. The molecule has 0 saturated carbocycles.